The van der Waals surface area contributed by atoms with Crippen LogP contribution in [0, 0.1) is 5.82 Å². The van der Waals surface area contributed by atoms with Gasteiger partial charge in [0, 0.05) is 17.8 Å². The normalized spacial score (nSPS) is 13.2. The number of fused-ring (bicyclic) bond motifs is 1. The number of hydrogen-bond donors (Lipinski definition) is 1. The highest BCUT2D eigenvalue weighted by molar-refractivity contribution is 6.30. The molecular weight excluding hydrogens is 200 g/mol. The topological polar surface area (TPSA) is 12.0 Å². The second-order valence-corrected chi connectivity index (χ2v) is 2.97. The van der Waals surface area contributed by atoms with Crippen LogP contribution in [0.15, 0.2) is 12.1 Å². The summed E-state index contributed by atoms with van der Waals surface area (Å²) in [4.78, 5) is 0. The first kappa shape index (κ1) is 9.62. The van der Waals surface area contributed by atoms with E-state index in [2.05, 4.69) is 5.32 Å². The van der Waals surface area contributed by atoms with Crippen LogP contribution in [-0.2, 0) is 6.42 Å². The molecule has 0 saturated heterocycles. The minimum Gasteiger partial charge on any atom is -0.384 e. The summed E-state index contributed by atoms with van der Waals surface area (Å²) in [5.41, 5.74) is 1.60. The lowest BCUT2D eigenvalue weighted by Gasteiger charge is -2.00. The summed E-state index contributed by atoms with van der Waals surface area (Å²) >= 11 is 5.59. The molecule has 1 aliphatic heterocycles. The van der Waals surface area contributed by atoms with Gasteiger partial charge >= 0.3 is 0 Å². The molecule has 0 amide bonds. The molecule has 12 heavy (non-hydrogen) atoms. The standard InChI is InChI=1S/C8H7ClFN.ClH/c9-6-1-2-7-5(8(6)10)3-4-11-7;/h1-2,11H,3-4H2;1H. The summed E-state index contributed by atoms with van der Waals surface area (Å²) in [7, 11) is 0. The summed E-state index contributed by atoms with van der Waals surface area (Å²) in [6, 6.07) is 3.39. The van der Waals surface area contributed by atoms with E-state index in [0.717, 1.165) is 24.2 Å². The zero-order chi connectivity index (χ0) is 7.84. The van der Waals surface area contributed by atoms with Crippen LogP contribution in [-0.4, -0.2) is 6.54 Å². The molecule has 0 aliphatic carbocycles. The maximum atomic E-state index is 13.1. The molecule has 1 aromatic carbocycles. The second kappa shape index (κ2) is 3.50. The van der Waals surface area contributed by atoms with Crippen molar-refractivity contribution in [3.63, 3.8) is 0 Å². The first-order chi connectivity index (χ1) is 5.29. The molecule has 0 radical (unpaired) electrons. The SMILES string of the molecule is Cl.Fc1c(Cl)ccc2c1CCN2. The van der Waals surface area contributed by atoms with Crippen molar-refractivity contribution in [1.29, 1.82) is 0 Å². The molecule has 1 aliphatic rings. The first-order valence-electron chi connectivity index (χ1n) is 3.50. The zero-order valence-corrected chi connectivity index (χ0v) is 7.81. The molecule has 2 rings (SSSR count). The lowest BCUT2D eigenvalue weighted by atomic mass is 10.1. The first-order valence-corrected chi connectivity index (χ1v) is 3.87. The van der Waals surface area contributed by atoms with Crippen molar-refractivity contribution in [2.45, 2.75) is 6.42 Å². The average molecular weight is 208 g/mol. The van der Waals surface area contributed by atoms with Crippen LogP contribution in [0.5, 0.6) is 0 Å². The number of hydrogen-bond acceptors (Lipinski definition) is 1. The Bertz CT molecular complexity index is 301. The van der Waals surface area contributed by atoms with Crippen molar-refractivity contribution in [3.05, 3.63) is 28.5 Å². The molecule has 0 spiro atoms. The third-order valence-electron chi connectivity index (χ3n) is 1.89. The van der Waals surface area contributed by atoms with Gasteiger partial charge in [-0.3, -0.25) is 0 Å². The van der Waals surface area contributed by atoms with E-state index < -0.39 is 0 Å². The van der Waals surface area contributed by atoms with E-state index in [1.807, 2.05) is 6.07 Å². The van der Waals surface area contributed by atoms with Gasteiger partial charge in [-0.2, -0.15) is 0 Å². The Labute approximate surface area is 81.3 Å². The molecule has 66 valence electrons. The van der Waals surface area contributed by atoms with Gasteiger partial charge in [0.15, 0.2) is 0 Å². The van der Waals surface area contributed by atoms with Crippen LogP contribution in [0.4, 0.5) is 10.1 Å². The van der Waals surface area contributed by atoms with Crippen LogP contribution < -0.4 is 5.32 Å². The Hall–Kier alpha value is -0.470. The molecule has 0 saturated carbocycles. The van der Waals surface area contributed by atoms with Gasteiger partial charge in [-0.1, -0.05) is 11.6 Å². The largest absolute Gasteiger partial charge is 0.384 e. The van der Waals surface area contributed by atoms with Gasteiger partial charge in [0.05, 0.1) is 5.02 Å². The lowest BCUT2D eigenvalue weighted by Crippen LogP contribution is -1.90. The van der Waals surface area contributed by atoms with Gasteiger partial charge in [-0.25, -0.2) is 4.39 Å². The highest BCUT2D eigenvalue weighted by Gasteiger charge is 2.16. The Morgan fingerprint density at radius 2 is 2.17 bits per heavy atom. The van der Waals surface area contributed by atoms with Gasteiger partial charge < -0.3 is 5.32 Å². The molecule has 0 aromatic heterocycles. The van der Waals surface area contributed by atoms with Crippen LogP contribution in [0.2, 0.25) is 5.02 Å². The number of nitrogens with one attached hydrogen (secondary N) is 1. The van der Waals surface area contributed by atoms with Crippen molar-refractivity contribution in [1.82, 2.24) is 0 Å². The quantitative estimate of drug-likeness (QED) is 0.691. The second-order valence-electron chi connectivity index (χ2n) is 2.56. The molecule has 0 fully saturated rings. The lowest BCUT2D eigenvalue weighted by molar-refractivity contribution is 0.616. The van der Waals surface area contributed by atoms with Crippen molar-refractivity contribution in [2.75, 3.05) is 11.9 Å². The molecule has 4 heteroatoms. The molecule has 1 nitrogen and oxygen atoms in total. The number of halogens is 3. The minimum atomic E-state index is -0.269. The molecule has 0 atom stereocenters. The summed E-state index contributed by atoms with van der Waals surface area (Å²) in [6.07, 6.45) is 0.738. The number of benzene rings is 1. The maximum Gasteiger partial charge on any atom is 0.147 e. The van der Waals surface area contributed by atoms with E-state index in [1.54, 1.807) is 6.07 Å². The maximum absolute atomic E-state index is 13.1. The van der Waals surface area contributed by atoms with Gasteiger partial charge in [-0.15, -0.1) is 12.4 Å². The van der Waals surface area contributed by atoms with Crippen molar-refractivity contribution in [3.8, 4) is 0 Å². The third kappa shape index (κ3) is 1.37. The predicted octanol–water partition coefficient (Wildman–Crippen LogP) is 2.87. The highest BCUT2D eigenvalue weighted by atomic mass is 35.5. The summed E-state index contributed by atoms with van der Waals surface area (Å²) in [5.74, 6) is -0.269. The zero-order valence-electron chi connectivity index (χ0n) is 6.23. The Balaban J connectivity index is 0.000000720. The molecule has 0 bridgehead atoms. The molecule has 1 N–H and O–H groups in total. The fraction of sp³-hybridized carbons (Fsp3) is 0.250. The van der Waals surface area contributed by atoms with E-state index in [1.165, 1.54) is 0 Å². The number of anilines is 1. The van der Waals surface area contributed by atoms with Crippen molar-refractivity contribution < 1.29 is 4.39 Å². The minimum absolute atomic E-state index is 0. The van der Waals surface area contributed by atoms with E-state index in [-0.39, 0.29) is 23.2 Å². The monoisotopic (exact) mass is 207 g/mol. The van der Waals surface area contributed by atoms with Gasteiger partial charge in [0.2, 0.25) is 0 Å². The summed E-state index contributed by atoms with van der Waals surface area (Å²) in [6.45, 7) is 0.812. The van der Waals surface area contributed by atoms with Crippen molar-refractivity contribution >= 4 is 29.7 Å². The third-order valence-corrected chi connectivity index (χ3v) is 2.18. The van der Waals surface area contributed by atoms with Crippen LogP contribution >= 0.6 is 24.0 Å². The number of rotatable bonds is 0. The predicted molar refractivity (Wildman–Crippen MR) is 50.9 cm³/mol. The Morgan fingerprint density at radius 3 is 2.92 bits per heavy atom. The van der Waals surface area contributed by atoms with Gasteiger partial charge in [0.1, 0.15) is 5.82 Å². The van der Waals surface area contributed by atoms with Crippen LogP contribution in [0.25, 0.3) is 0 Å². The fourth-order valence-corrected chi connectivity index (χ4v) is 1.50. The van der Waals surface area contributed by atoms with E-state index >= 15 is 0 Å². The van der Waals surface area contributed by atoms with Crippen molar-refractivity contribution in [2.24, 2.45) is 0 Å². The molecule has 0 unspecified atom stereocenters. The Kier molecular flexibility index (Phi) is 2.80. The van der Waals surface area contributed by atoms with E-state index in [4.69, 9.17) is 11.6 Å². The van der Waals surface area contributed by atoms with Gasteiger partial charge in [-0.05, 0) is 18.6 Å². The van der Waals surface area contributed by atoms with Crippen LogP contribution in [0.3, 0.4) is 0 Å². The average Bonchev–Trinajstić information content (AvgIpc) is 2.45. The van der Waals surface area contributed by atoms with E-state index in [9.17, 15) is 4.39 Å². The summed E-state index contributed by atoms with van der Waals surface area (Å²) in [5, 5.41) is 3.28. The van der Waals surface area contributed by atoms with Crippen LogP contribution in [0.1, 0.15) is 5.56 Å². The molecular formula is C8H8Cl2FN. The van der Waals surface area contributed by atoms with Gasteiger partial charge in [0.25, 0.3) is 0 Å². The Morgan fingerprint density at radius 1 is 1.42 bits per heavy atom. The van der Waals surface area contributed by atoms with E-state index in [0.29, 0.717) is 0 Å². The summed E-state index contributed by atoms with van der Waals surface area (Å²) < 4.78 is 13.1. The molecule has 1 aromatic rings. The smallest absolute Gasteiger partial charge is 0.147 e. The fourth-order valence-electron chi connectivity index (χ4n) is 1.32. The highest BCUT2D eigenvalue weighted by Crippen LogP contribution is 2.29. The molecule has 1 heterocycles.